The lowest BCUT2D eigenvalue weighted by Crippen LogP contribution is -2.53. The number of morpholine rings is 1. The van der Waals surface area contributed by atoms with E-state index in [1.165, 1.54) is 6.07 Å². The average molecular weight is 383 g/mol. The summed E-state index contributed by atoms with van der Waals surface area (Å²) in [6.07, 6.45) is 0.983. The Morgan fingerprint density at radius 2 is 2.00 bits per heavy atom. The van der Waals surface area contributed by atoms with Crippen molar-refractivity contribution in [1.29, 1.82) is 0 Å². The Bertz CT molecular complexity index is 635. The first-order valence-corrected chi connectivity index (χ1v) is 9.43. The second-order valence-electron chi connectivity index (χ2n) is 7.09. The number of ether oxygens (including phenoxy) is 2. The van der Waals surface area contributed by atoms with Crippen LogP contribution in [0.25, 0.3) is 0 Å². The van der Waals surface area contributed by atoms with Gasteiger partial charge in [0.05, 0.1) is 25.9 Å². The molecule has 0 aromatic heterocycles. The summed E-state index contributed by atoms with van der Waals surface area (Å²) in [7, 11) is 0. The fourth-order valence-electron chi connectivity index (χ4n) is 3.67. The molecule has 2 aliphatic heterocycles. The topological polar surface area (TPSA) is 62.8 Å². The number of hydrogen-bond donors (Lipinski definition) is 2. The van der Waals surface area contributed by atoms with Crippen LogP contribution < -0.4 is 10.6 Å². The molecule has 0 spiro atoms. The molecular formula is C19H27F2N3O3. The number of benzene rings is 1. The average Bonchev–Trinajstić information content (AvgIpc) is 3.19. The highest BCUT2D eigenvalue weighted by Crippen LogP contribution is 2.22. The molecule has 1 aromatic carbocycles. The SMILES string of the molecule is CC(NC(=O)NCC(C1CCOC1)N1CCOCC1)c1ccc(F)c(F)c1. The number of halogens is 2. The van der Waals surface area contributed by atoms with E-state index in [9.17, 15) is 13.6 Å². The second kappa shape index (κ2) is 9.43. The monoisotopic (exact) mass is 383 g/mol. The largest absolute Gasteiger partial charge is 0.381 e. The van der Waals surface area contributed by atoms with Crippen molar-refractivity contribution >= 4 is 6.03 Å². The Hall–Kier alpha value is -1.77. The zero-order chi connectivity index (χ0) is 19.2. The van der Waals surface area contributed by atoms with Crippen molar-refractivity contribution in [2.24, 2.45) is 5.92 Å². The Morgan fingerprint density at radius 1 is 1.22 bits per heavy atom. The number of carbonyl (C=O) groups excluding carboxylic acids is 1. The van der Waals surface area contributed by atoms with Crippen molar-refractivity contribution in [3.63, 3.8) is 0 Å². The van der Waals surface area contributed by atoms with Gasteiger partial charge in [0.2, 0.25) is 0 Å². The molecule has 2 saturated heterocycles. The molecular weight excluding hydrogens is 356 g/mol. The highest BCUT2D eigenvalue weighted by molar-refractivity contribution is 5.74. The smallest absolute Gasteiger partial charge is 0.315 e. The van der Waals surface area contributed by atoms with Crippen LogP contribution in [0.4, 0.5) is 13.6 Å². The third kappa shape index (κ3) is 5.37. The second-order valence-corrected chi connectivity index (χ2v) is 7.09. The normalized spacial score (nSPS) is 23.0. The van der Waals surface area contributed by atoms with Crippen molar-refractivity contribution in [2.45, 2.75) is 25.4 Å². The van der Waals surface area contributed by atoms with Crippen LogP contribution in [0, 0.1) is 17.6 Å². The predicted molar refractivity (Wildman–Crippen MR) is 96.4 cm³/mol. The number of nitrogens with one attached hydrogen (secondary N) is 2. The lowest BCUT2D eigenvalue weighted by molar-refractivity contribution is 0.00211. The molecule has 2 N–H and O–H groups in total. The first kappa shape index (κ1) is 20.0. The minimum Gasteiger partial charge on any atom is -0.381 e. The molecule has 6 nitrogen and oxygen atoms in total. The molecule has 0 saturated carbocycles. The molecule has 2 heterocycles. The molecule has 3 atom stereocenters. The van der Waals surface area contributed by atoms with Crippen LogP contribution >= 0.6 is 0 Å². The fraction of sp³-hybridized carbons (Fsp3) is 0.632. The maximum Gasteiger partial charge on any atom is 0.315 e. The predicted octanol–water partition coefficient (Wildman–Crippen LogP) is 2.06. The van der Waals surface area contributed by atoms with Gasteiger partial charge in [0.15, 0.2) is 11.6 Å². The van der Waals surface area contributed by atoms with Crippen molar-refractivity contribution in [3.8, 4) is 0 Å². The third-order valence-electron chi connectivity index (χ3n) is 5.29. The first-order valence-electron chi connectivity index (χ1n) is 9.43. The minimum absolute atomic E-state index is 0.195. The minimum atomic E-state index is -0.921. The van der Waals surface area contributed by atoms with Crippen LogP contribution in [0.2, 0.25) is 0 Å². The lowest BCUT2D eigenvalue weighted by Gasteiger charge is -2.37. The summed E-state index contributed by atoms with van der Waals surface area (Å²) < 4.78 is 37.4. The molecule has 3 unspecified atom stereocenters. The van der Waals surface area contributed by atoms with Gasteiger partial charge >= 0.3 is 6.03 Å². The quantitative estimate of drug-likeness (QED) is 0.790. The summed E-state index contributed by atoms with van der Waals surface area (Å²) in [6.45, 7) is 6.78. The van der Waals surface area contributed by atoms with Crippen LogP contribution in [-0.4, -0.2) is 63.0 Å². The molecule has 150 valence electrons. The van der Waals surface area contributed by atoms with Crippen LogP contribution in [-0.2, 0) is 9.47 Å². The van der Waals surface area contributed by atoms with E-state index in [2.05, 4.69) is 15.5 Å². The van der Waals surface area contributed by atoms with Crippen molar-refractivity contribution in [2.75, 3.05) is 46.1 Å². The molecule has 0 bridgehead atoms. The van der Waals surface area contributed by atoms with Crippen molar-refractivity contribution in [3.05, 3.63) is 35.4 Å². The lowest BCUT2D eigenvalue weighted by atomic mass is 9.97. The van der Waals surface area contributed by atoms with E-state index < -0.39 is 17.7 Å². The Morgan fingerprint density at radius 3 is 2.67 bits per heavy atom. The van der Waals surface area contributed by atoms with E-state index in [0.717, 1.165) is 38.2 Å². The number of urea groups is 1. The van der Waals surface area contributed by atoms with Crippen molar-refractivity contribution < 1.29 is 23.0 Å². The van der Waals surface area contributed by atoms with Gasteiger partial charge in [-0.1, -0.05) is 6.07 Å². The summed E-state index contributed by atoms with van der Waals surface area (Å²) in [6, 6.07) is 3.07. The van der Waals surface area contributed by atoms with Gasteiger partial charge < -0.3 is 20.1 Å². The van der Waals surface area contributed by atoms with Gasteiger partial charge in [-0.25, -0.2) is 13.6 Å². The van der Waals surface area contributed by atoms with Crippen LogP contribution in [0.1, 0.15) is 24.9 Å². The number of hydrogen-bond acceptors (Lipinski definition) is 4. The fourth-order valence-corrected chi connectivity index (χ4v) is 3.67. The van der Waals surface area contributed by atoms with Gasteiger partial charge in [-0.2, -0.15) is 0 Å². The molecule has 27 heavy (non-hydrogen) atoms. The molecule has 1 aromatic rings. The Labute approximate surface area is 158 Å². The van der Waals surface area contributed by atoms with Crippen LogP contribution in [0.5, 0.6) is 0 Å². The van der Waals surface area contributed by atoms with Gasteiger partial charge in [-0.15, -0.1) is 0 Å². The van der Waals surface area contributed by atoms with E-state index in [1.807, 2.05) is 0 Å². The third-order valence-corrected chi connectivity index (χ3v) is 5.29. The van der Waals surface area contributed by atoms with E-state index in [1.54, 1.807) is 6.92 Å². The van der Waals surface area contributed by atoms with Gasteiger partial charge in [-0.05, 0) is 31.0 Å². The van der Waals surface area contributed by atoms with Gasteiger partial charge in [0, 0.05) is 38.2 Å². The number of amides is 2. The number of rotatable bonds is 6. The molecule has 8 heteroatoms. The maximum atomic E-state index is 13.4. The molecule has 0 aliphatic carbocycles. The zero-order valence-electron chi connectivity index (χ0n) is 15.5. The molecule has 3 rings (SSSR count). The van der Waals surface area contributed by atoms with Gasteiger partial charge in [0.25, 0.3) is 0 Å². The Kier molecular flexibility index (Phi) is 6.98. The van der Waals surface area contributed by atoms with E-state index in [-0.39, 0.29) is 12.1 Å². The van der Waals surface area contributed by atoms with Gasteiger partial charge in [0.1, 0.15) is 0 Å². The van der Waals surface area contributed by atoms with Crippen LogP contribution in [0.15, 0.2) is 18.2 Å². The highest BCUT2D eigenvalue weighted by atomic mass is 19.2. The molecule has 2 fully saturated rings. The number of carbonyl (C=O) groups is 1. The summed E-state index contributed by atoms with van der Waals surface area (Å²) in [5.41, 5.74) is 0.512. The number of nitrogens with zero attached hydrogens (tertiary/aromatic N) is 1. The molecule has 0 radical (unpaired) electrons. The van der Waals surface area contributed by atoms with E-state index in [4.69, 9.17) is 9.47 Å². The van der Waals surface area contributed by atoms with Crippen molar-refractivity contribution in [1.82, 2.24) is 15.5 Å². The summed E-state index contributed by atoms with van der Waals surface area (Å²) in [5.74, 6) is -1.44. The van der Waals surface area contributed by atoms with E-state index >= 15 is 0 Å². The highest BCUT2D eigenvalue weighted by Gasteiger charge is 2.31. The van der Waals surface area contributed by atoms with Crippen LogP contribution in [0.3, 0.4) is 0 Å². The Balaban J connectivity index is 1.54. The summed E-state index contributed by atoms with van der Waals surface area (Å²) >= 11 is 0. The first-order chi connectivity index (χ1) is 13.0. The standard InChI is InChI=1S/C19H27F2N3O3/c1-13(14-2-3-16(20)17(21)10-14)23-19(25)22-11-18(15-4-7-27-12-15)24-5-8-26-9-6-24/h2-3,10,13,15,18H,4-9,11-12H2,1H3,(H2,22,23,25). The maximum absolute atomic E-state index is 13.4. The summed E-state index contributed by atoms with van der Waals surface area (Å²) in [4.78, 5) is 14.7. The summed E-state index contributed by atoms with van der Waals surface area (Å²) in [5, 5.41) is 5.71. The van der Waals surface area contributed by atoms with E-state index in [0.29, 0.717) is 37.8 Å². The molecule has 2 amide bonds. The van der Waals surface area contributed by atoms with Gasteiger partial charge in [-0.3, -0.25) is 4.90 Å². The molecule has 2 aliphatic rings. The zero-order valence-corrected chi connectivity index (χ0v) is 15.5.